The Balaban J connectivity index is 1.86. The molecule has 0 atom stereocenters. The second kappa shape index (κ2) is 7.62. The number of methoxy groups -OCH3 is 1. The molecule has 2 heterocycles. The maximum absolute atomic E-state index is 9.31. The zero-order valence-electron chi connectivity index (χ0n) is 13.1. The van der Waals surface area contributed by atoms with Crippen LogP contribution in [0.15, 0.2) is 65.8 Å². The van der Waals surface area contributed by atoms with Gasteiger partial charge in [0.25, 0.3) is 0 Å². The summed E-state index contributed by atoms with van der Waals surface area (Å²) in [5.74, 6) is 1.48. The lowest BCUT2D eigenvalue weighted by Crippen LogP contribution is -1.93. The molecule has 24 heavy (non-hydrogen) atoms. The summed E-state index contributed by atoms with van der Waals surface area (Å²) < 4.78 is 5.18. The van der Waals surface area contributed by atoms with Gasteiger partial charge in [0.05, 0.1) is 24.1 Å². The summed E-state index contributed by atoms with van der Waals surface area (Å²) in [5, 5.41) is 10.0. The van der Waals surface area contributed by atoms with Gasteiger partial charge in [0.1, 0.15) is 16.8 Å². The van der Waals surface area contributed by atoms with Crippen LogP contribution in [0.25, 0.3) is 11.3 Å². The molecule has 1 aromatic carbocycles. The Morgan fingerprint density at radius 2 is 1.92 bits per heavy atom. The topological polar surface area (TPSA) is 58.8 Å². The zero-order valence-corrected chi connectivity index (χ0v) is 14.0. The van der Waals surface area contributed by atoms with Crippen molar-refractivity contribution in [3.63, 3.8) is 0 Å². The summed E-state index contributed by atoms with van der Waals surface area (Å²) in [6, 6.07) is 19.4. The summed E-state index contributed by atoms with van der Waals surface area (Å²) in [4.78, 5) is 8.96. The van der Waals surface area contributed by atoms with Gasteiger partial charge in [-0.15, -0.1) is 0 Å². The maximum Gasteiger partial charge on any atom is 0.118 e. The monoisotopic (exact) mass is 333 g/mol. The van der Waals surface area contributed by atoms with Crippen LogP contribution in [0.2, 0.25) is 0 Å². The summed E-state index contributed by atoms with van der Waals surface area (Å²) in [5.41, 5.74) is 3.36. The third kappa shape index (κ3) is 3.73. The first kappa shape index (κ1) is 16.0. The largest absolute Gasteiger partial charge is 0.497 e. The van der Waals surface area contributed by atoms with Gasteiger partial charge < -0.3 is 4.74 Å². The fraction of sp³-hybridized carbons (Fsp3) is 0.105. The van der Waals surface area contributed by atoms with Crippen LogP contribution >= 0.6 is 11.8 Å². The number of nitriles is 1. The highest BCUT2D eigenvalue weighted by molar-refractivity contribution is 7.98. The fourth-order valence-electron chi connectivity index (χ4n) is 2.18. The molecule has 0 N–H and O–H groups in total. The van der Waals surface area contributed by atoms with Crippen molar-refractivity contribution in [2.75, 3.05) is 7.11 Å². The average Bonchev–Trinajstić information content (AvgIpc) is 2.67. The number of thioether (sulfide) groups is 1. The SMILES string of the molecule is COc1ccc(-c2ccc(C#N)c(SCc3ccccn3)n2)cc1. The number of rotatable bonds is 5. The van der Waals surface area contributed by atoms with Gasteiger partial charge in [0.2, 0.25) is 0 Å². The second-order valence-electron chi connectivity index (χ2n) is 5.00. The van der Waals surface area contributed by atoms with Crippen molar-refractivity contribution in [1.82, 2.24) is 9.97 Å². The molecule has 0 aliphatic carbocycles. The molecule has 0 aliphatic heterocycles. The molecule has 0 unspecified atom stereocenters. The third-order valence-electron chi connectivity index (χ3n) is 3.45. The Morgan fingerprint density at radius 3 is 2.58 bits per heavy atom. The molecule has 0 bridgehead atoms. The molecule has 0 saturated heterocycles. The van der Waals surface area contributed by atoms with Crippen molar-refractivity contribution >= 4 is 11.8 Å². The number of hydrogen-bond acceptors (Lipinski definition) is 5. The van der Waals surface area contributed by atoms with Gasteiger partial charge in [-0.1, -0.05) is 17.8 Å². The van der Waals surface area contributed by atoms with E-state index in [1.165, 1.54) is 11.8 Å². The molecule has 4 nitrogen and oxygen atoms in total. The minimum absolute atomic E-state index is 0.577. The van der Waals surface area contributed by atoms with E-state index in [0.717, 1.165) is 27.7 Å². The Kier molecular flexibility index (Phi) is 5.09. The van der Waals surface area contributed by atoms with Crippen molar-refractivity contribution in [3.8, 4) is 23.1 Å². The molecule has 0 radical (unpaired) electrons. The lowest BCUT2D eigenvalue weighted by atomic mass is 10.1. The normalized spacial score (nSPS) is 10.2. The summed E-state index contributed by atoms with van der Waals surface area (Å²) >= 11 is 1.52. The minimum atomic E-state index is 0.577. The van der Waals surface area contributed by atoms with Gasteiger partial charge in [-0.2, -0.15) is 5.26 Å². The third-order valence-corrected chi connectivity index (χ3v) is 4.47. The van der Waals surface area contributed by atoms with E-state index in [1.54, 1.807) is 13.3 Å². The van der Waals surface area contributed by atoms with Crippen molar-refractivity contribution in [3.05, 3.63) is 72.1 Å². The Bertz CT molecular complexity index is 858. The predicted octanol–water partition coefficient (Wildman–Crippen LogP) is 4.32. The van der Waals surface area contributed by atoms with Gasteiger partial charge >= 0.3 is 0 Å². The van der Waals surface area contributed by atoms with Crippen LogP contribution in [-0.2, 0) is 5.75 Å². The minimum Gasteiger partial charge on any atom is -0.497 e. The molecule has 3 aromatic rings. The summed E-state index contributed by atoms with van der Waals surface area (Å²) in [6.45, 7) is 0. The number of pyridine rings is 2. The first-order chi connectivity index (χ1) is 11.8. The first-order valence-corrected chi connectivity index (χ1v) is 8.37. The Labute approximate surface area is 145 Å². The smallest absolute Gasteiger partial charge is 0.118 e. The molecular weight excluding hydrogens is 318 g/mol. The lowest BCUT2D eigenvalue weighted by Gasteiger charge is -2.07. The Morgan fingerprint density at radius 1 is 1.08 bits per heavy atom. The van der Waals surface area contributed by atoms with Gasteiger partial charge in [0, 0.05) is 17.5 Å². The highest BCUT2D eigenvalue weighted by atomic mass is 32.2. The second-order valence-corrected chi connectivity index (χ2v) is 5.96. The standard InChI is InChI=1S/C19H15N3OS/c1-23-17-8-5-14(6-9-17)18-10-7-15(12-20)19(22-18)24-13-16-4-2-3-11-21-16/h2-11H,13H2,1H3. The van der Waals surface area contributed by atoms with E-state index >= 15 is 0 Å². The summed E-state index contributed by atoms with van der Waals surface area (Å²) in [7, 11) is 1.64. The number of ether oxygens (including phenoxy) is 1. The molecule has 118 valence electrons. The van der Waals surface area contributed by atoms with E-state index < -0.39 is 0 Å². The molecule has 3 rings (SSSR count). The van der Waals surface area contributed by atoms with E-state index in [9.17, 15) is 5.26 Å². The molecular formula is C19H15N3OS. The average molecular weight is 333 g/mol. The van der Waals surface area contributed by atoms with Crippen molar-refractivity contribution in [1.29, 1.82) is 5.26 Å². The number of hydrogen-bond donors (Lipinski definition) is 0. The van der Waals surface area contributed by atoms with E-state index in [1.807, 2.05) is 54.6 Å². The van der Waals surface area contributed by atoms with Crippen LogP contribution < -0.4 is 4.74 Å². The zero-order chi connectivity index (χ0) is 16.8. The van der Waals surface area contributed by atoms with Gasteiger partial charge in [0.15, 0.2) is 0 Å². The molecule has 0 saturated carbocycles. The predicted molar refractivity (Wildman–Crippen MR) is 94.7 cm³/mol. The number of aromatic nitrogens is 2. The van der Waals surface area contributed by atoms with E-state index in [2.05, 4.69) is 16.0 Å². The molecule has 0 aliphatic rings. The van der Waals surface area contributed by atoms with Crippen molar-refractivity contribution in [2.45, 2.75) is 10.8 Å². The van der Waals surface area contributed by atoms with E-state index in [0.29, 0.717) is 11.3 Å². The van der Waals surface area contributed by atoms with E-state index in [-0.39, 0.29) is 0 Å². The van der Waals surface area contributed by atoms with Crippen LogP contribution in [0.4, 0.5) is 0 Å². The lowest BCUT2D eigenvalue weighted by molar-refractivity contribution is 0.415. The first-order valence-electron chi connectivity index (χ1n) is 7.38. The highest BCUT2D eigenvalue weighted by Gasteiger charge is 2.09. The molecule has 0 spiro atoms. The molecule has 2 aromatic heterocycles. The summed E-state index contributed by atoms with van der Waals surface area (Å²) in [6.07, 6.45) is 1.77. The number of nitrogens with zero attached hydrogens (tertiary/aromatic N) is 3. The highest BCUT2D eigenvalue weighted by Crippen LogP contribution is 2.28. The molecule has 0 amide bonds. The van der Waals surface area contributed by atoms with Crippen LogP contribution in [0, 0.1) is 11.3 Å². The fourth-order valence-corrected chi connectivity index (χ4v) is 3.07. The van der Waals surface area contributed by atoms with Crippen LogP contribution in [-0.4, -0.2) is 17.1 Å². The Hall–Kier alpha value is -2.84. The molecule has 5 heteroatoms. The van der Waals surface area contributed by atoms with E-state index in [4.69, 9.17) is 4.74 Å². The molecule has 0 fully saturated rings. The number of benzene rings is 1. The van der Waals surface area contributed by atoms with Gasteiger partial charge in [-0.3, -0.25) is 4.98 Å². The van der Waals surface area contributed by atoms with Crippen LogP contribution in [0.3, 0.4) is 0 Å². The van der Waals surface area contributed by atoms with Crippen molar-refractivity contribution < 1.29 is 4.74 Å². The quantitative estimate of drug-likeness (QED) is 0.651. The van der Waals surface area contributed by atoms with Crippen LogP contribution in [0.5, 0.6) is 5.75 Å². The van der Waals surface area contributed by atoms with Gasteiger partial charge in [-0.25, -0.2) is 4.98 Å². The van der Waals surface area contributed by atoms with Gasteiger partial charge in [-0.05, 0) is 48.5 Å². The maximum atomic E-state index is 9.31. The van der Waals surface area contributed by atoms with Crippen molar-refractivity contribution in [2.24, 2.45) is 0 Å². The van der Waals surface area contributed by atoms with Crippen LogP contribution in [0.1, 0.15) is 11.3 Å².